The van der Waals surface area contributed by atoms with Crippen LogP contribution in [0.5, 0.6) is 0 Å². The van der Waals surface area contributed by atoms with E-state index < -0.39 is 0 Å². The zero-order chi connectivity index (χ0) is 13.4. The van der Waals surface area contributed by atoms with Gasteiger partial charge in [-0.05, 0) is 30.4 Å². The minimum atomic E-state index is 0.0774. The Morgan fingerprint density at radius 2 is 2.26 bits per heavy atom. The Bertz CT molecular complexity index is 553. The fourth-order valence-electron chi connectivity index (χ4n) is 2.13. The molecule has 5 heteroatoms. The molecule has 2 N–H and O–H groups in total. The molecule has 0 spiro atoms. The maximum absolute atomic E-state index is 6.13. The van der Waals surface area contributed by atoms with Crippen molar-refractivity contribution < 1.29 is 4.52 Å². The van der Waals surface area contributed by atoms with E-state index in [-0.39, 0.29) is 6.04 Å². The third-order valence-corrected chi connectivity index (χ3v) is 3.61. The summed E-state index contributed by atoms with van der Waals surface area (Å²) in [5, 5.41) is 4.02. The van der Waals surface area contributed by atoms with Crippen LogP contribution in [0.2, 0.25) is 0 Å². The first-order valence-electron chi connectivity index (χ1n) is 6.87. The van der Waals surface area contributed by atoms with Crippen LogP contribution in [-0.2, 0) is 6.54 Å². The van der Waals surface area contributed by atoms with Crippen LogP contribution in [0.25, 0.3) is 0 Å². The van der Waals surface area contributed by atoms with Crippen molar-refractivity contribution in [2.75, 3.05) is 0 Å². The van der Waals surface area contributed by atoms with Gasteiger partial charge in [0.15, 0.2) is 5.82 Å². The number of nitrogens with zero attached hydrogens (tertiary/aromatic N) is 3. The molecular formula is C14H20N4O. The van der Waals surface area contributed by atoms with Gasteiger partial charge in [-0.25, -0.2) is 0 Å². The molecule has 0 saturated heterocycles. The SMILES string of the molecule is CC(C)C(N)c1ccn(Cc2noc(C3CC3)n2)c1. The van der Waals surface area contributed by atoms with Crippen LogP contribution < -0.4 is 5.73 Å². The number of aromatic nitrogens is 3. The topological polar surface area (TPSA) is 69.9 Å². The molecule has 2 aromatic rings. The minimum Gasteiger partial charge on any atom is -0.346 e. The summed E-state index contributed by atoms with van der Waals surface area (Å²) in [7, 11) is 0. The molecule has 1 aliphatic rings. The summed E-state index contributed by atoms with van der Waals surface area (Å²) in [6, 6.07) is 2.14. The van der Waals surface area contributed by atoms with Gasteiger partial charge in [0.25, 0.3) is 0 Å². The summed E-state index contributed by atoms with van der Waals surface area (Å²) in [5.41, 5.74) is 7.29. The Kier molecular flexibility index (Phi) is 3.14. The fraction of sp³-hybridized carbons (Fsp3) is 0.571. The van der Waals surface area contributed by atoms with Gasteiger partial charge in [0, 0.05) is 24.4 Å². The normalized spacial score (nSPS) is 17.1. The highest BCUT2D eigenvalue weighted by molar-refractivity contribution is 5.16. The first kappa shape index (κ1) is 12.4. The lowest BCUT2D eigenvalue weighted by Crippen LogP contribution is -2.15. The first-order valence-corrected chi connectivity index (χ1v) is 6.87. The Hall–Kier alpha value is -1.62. The second kappa shape index (κ2) is 4.81. The van der Waals surface area contributed by atoms with Crippen molar-refractivity contribution in [3.8, 4) is 0 Å². The van der Waals surface area contributed by atoms with Crippen molar-refractivity contribution in [3.05, 3.63) is 35.7 Å². The summed E-state index contributed by atoms with van der Waals surface area (Å²) in [5.74, 6) is 2.47. The van der Waals surface area contributed by atoms with E-state index in [2.05, 4.69) is 40.8 Å². The summed E-state index contributed by atoms with van der Waals surface area (Å²) >= 11 is 0. The van der Waals surface area contributed by atoms with Crippen LogP contribution in [0.4, 0.5) is 0 Å². The molecular weight excluding hydrogens is 240 g/mol. The predicted octanol–water partition coefficient (Wildman–Crippen LogP) is 2.45. The van der Waals surface area contributed by atoms with E-state index in [4.69, 9.17) is 10.3 Å². The molecule has 1 atom stereocenters. The molecule has 0 radical (unpaired) electrons. The monoisotopic (exact) mass is 260 g/mol. The van der Waals surface area contributed by atoms with Crippen LogP contribution in [0, 0.1) is 5.92 Å². The summed E-state index contributed by atoms with van der Waals surface area (Å²) < 4.78 is 7.31. The van der Waals surface area contributed by atoms with Crippen molar-refractivity contribution in [1.29, 1.82) is 0 Å². The second-order valence-electron chi connectivity index (χ2n) is 5.71. The van der Waals surface area contributed by atoms with Crippen molar-refractivity contribution in [2.45, 2.75) is 45.2 Å². The molecule has 3 rings (SSSR count). The highest BCUT2D eigenvalue weighted by Gasteiger charge is 2.29. The maximum Gasteiger partial charge on any atom is 0.229 e. The molecule has 0 bridgehead atoms. The van der Waals surface area contributed by atoms with E-state index in [1.807, 2.05) is 6.20 Å². The van der Waals surface area contributed by atoms with Crippen LogP contribution in [0.1, 0.15) is 55.9 Å². The van der Waals surface area contributed by atoms with Gasteiger partial charge in [-0.1, -0.05) is 19.0 Å². The lowest BCUT2D eigenvalue weighted by atomic mass is 10.00. The van der Waals surface area contributed by atoms with Crippen LogP contribution in [0.15, 0.2) is 23.0 Å². The van der Waals surface area contributed by atoms with E-state index in [0.29, 0.717) is 18.4 Å². The Balaban J connectivity index is 1.68. The highest BCUT2D eigenvalue weighted by atomic mass is 16.5. The Morgan fingerprint density at radius 3 is 2.95 bits per heavy atom. The first-order chi connectivity index (χ1) is 9.13. The second-order valence-corrected chi connectivity index (χ2v) is 5.71. The van der Waals surface area contributed by atoms with E-state index >= 15 is 0 Å². The third-order valence-electron chi connectivity index (χ3n) is 3.61. The molecule has 19 heavy (non-hydrogen) atoms. The van der Waals surface area contributed by atoms with Crippen molar-refractivity contribution in [2.24, 2.45) is 11.7 Å². The average Bonchev–Trinajstić information content (AvgIpc) is 2.96. The Morgan fingerprint density at radius 1 is 1.47 bits per heavy atom. The van der Waals surface area contributed by atoms with Crippen molar-refractivity contribution in [1.82, 2.24) is 14.7 Å². The molecule has 102 valence electrons. The number of nitrogens with two attached hydrogens (primary N) is 1. The molecule has 2 aromatic heterocycles. The molecule has 1 saturated carbocycles. The summed E-state index contributed by atoms with van der Waals surface area (Å²) in [6.07, 6.45) is 6.44. The lowest BCUT2D eigenvalue weighted by molar-refractivity contribution is 0.373. The fourth-order valence-corrected chi connectivity index (χ4v) is 2.13. The standard InChI is InChI=1S/C14H20N4O/c1-9(2)13(15)11-5-6-18(7-11)8-12-16-14(19-17-12)10-3-4-10/h5-7,9-10,13H,3-4,8,15H2,1-2H3. The molecule has 1 fully saturated rings. The van der Waals surface area contributed by atoms with Gasteiger partial charge in [0.2, 0.25) is 5.89 Å². The van der Waals surface area contributed by atoms with E-state index in [9.17, 15) is 0 Å². The van der Waals surface area contributed by atoms with E-state index in [1.54, 1.807) is 0 Å². The van der Waals surface area contributed by atoms with E-state index in [0.717, 1.165) is 17.3 Å². The highest BCUT2D eigenvalue weighted by Crippen LogP contribution is 2.38. The molecule has 0 amide bonds. The van der Waals surface area contributed by atoms with Gasteiger partial charge < -0.3 is 14.8 Å². The number of hydrogen-bond donors (Lipinski definition) is 1. The molecule has 0 aromatic carbocycles. The number of rotatable bonds is 5. The maximum atomic E-state index is 6.13. The van der Waals surface area contributed by atoms with Crippen LogP contribution >= 0.6 is 0 Å². The lowest BCUT2D eigenvalue weighted by Gasteiger charge is -2.13. The summed E-state index contributed by atoms with van der Waals surface area (Å²) in [4.78, 5) is 4.43. The minimum absolute atomic E-state index is 0.0774. The van der Waals surface area contributed by atoms with Gasteiger partial charge in [0.05, 0.1) is 6.54 Å². The number of hydrogen-bond acceptors (Lipinski definition) is 4. The molecule has 5 nitrogen and oxygen atoms in total. The zero-order valence-electron chi connectivity index (χ0n) is 11.4. The zero-order valence-corrected chi connectivity index (χ0v) is 11.4. The van der Waals surface area contributed by atoms with Gasteiger partial charge in [-0.3, -0.25) is 0 Å². The van der Waals surface area contributed by atoms with Gasteiger partial charge in [-0.2, -0.15) is 4.98 Å². The quantitative estimate of drug-likeness (QED) is 0.896. The van der Waals surface area contributed by atoms with Crippen LogP contribution in [-0.4, -0.2) is 14.7 Å². The molecule has 1 aliphatic carbocycles. The van der Waals surface area contributed by atoms with E-state index in [1.165, 1.54) is 12.8 Å². The third kappa shape index (κ3) is 2.71. The smallest absolute Gasteiger partial charge is 0.229 e. The van der Waals surface area contributed by atoms with Gasteiger partial charge in [-0.15, -0.1) is 0 Å². The van der Waals surface area contributed by atoms with Crippen molar-refractivity contribution in [3.63, 3.8) is 0 Å². The average molecular weight is 260 g/mol. The molecule has 2 heterocycles. The van der Waals surface area contributed by atoms with Crippen molar-refractivity contribution >= 4 is 0 Å². The van der Waals surface area contributed by atoms with Crippen LogP contribution in [0.3, 0.4) is 0 Å². The largest absolute Gasteiger partial charge is 0.346 e. The van der Waals surface area contributed by atoms with Gasteiger partial charge >= 0.3 is 0 Å². The summed E-state index contributed by atoms with van der Waals surface area (Å²) in [6.45, 7) is 4.90. The molecule has 0 aliphatic heterocycles. The molecule has 1 unspecified atom stereocenters. The Labute approximate surface area is 112 Å². The van der Waals surface area contributed by atoms with Gasteiger partial charge in [0.1, 0.15) is 0 Å². The predicted molar refractivity (Wildman–Crippen MR) is 71.6 cm³/mol.